The molecule has 0 aliphatic rings. The first kappa shape index (κ1) is 12.9. The molecule has 0 aromatic heterocycles. The molecule has 0 heterocycles. The molecule has 0 spiro atoms. The van der Waals surface area contributed by atoms with Crippen LogP contribution in [0.15, 0.2) is 0 Å². The Morgan fingerprint density at radius 1 is 0.846 bits per heavy atom. The van der Waals surface area contributed by atoms with Gasteiger partial charge in [0.1, 0.15) is 0 Å². The minimum absolute atomic E-state index is 0.000880. The fourth-order valence-electron chi connectivity index (χ4n) is 1.37. The molecule has 0 amide bonds. The first-order chi connectivity index (χ1) is 6.20. The van der Waals surface area contributed by atoms with Crippen LogP contribution >= 0.6 is 0 Å². The number of ether oxygens (including phenoxy) is 2. The third-order valence-corrected chi connectivity index (χ3v) is 2.25. The Hall–Kier alpha value is -0.0800. The summed E-state index contributed by atoms with van der Waals surface area (Å²) in [6.07, 6.45) is 6.19. The smallest absolute Gasteiger partial charge is 0.156 e. The molecule has 0 unspecified atom stereocenters. The molecule has 0 aromatic carbocycles. The molecule has 80 valence electrons. The van der Waals surface area contributed by atoms with Crippen LogP contribution in [0.5, 0.6) is 0 Å². The molecule has 0 N–H and O–H groups in total. The van der Waals surface area contributed by atoms with Gasteiger partial charge in [0.05, 0.1) is 0 Å². The fraction of sp³-hybridized carbons (Fsp3) is 1.00. The molecule has 0 saturated carbocycles. The average molecular weight is 188 g/mol. The van der Waals surface area contributed by atoms with Crippen LogP contribution in [0, 0.1) is 5.92 Å². The van der Waals surface area contributed by atoms with Crippen molar-refractivity contribution in [3.8, 4) is 0 Å². The quantitative estimate of drug-likeness (QED) is 0.430. The van der Waals surface area contributed by atoms with Crippen LogP contribution in [0.1, 0.15) is 46.0 Å². The minimum atomic E-state index is -0.000880. The summed E-state index contributed by atoms with van der Waals surface area (Å²) in [5, 5.41) is 0. The normalized spacial score (nSPS) is 11.5. The van der Waals surface area contributed by atoms with Gasteiger partial charge in [0, 0.05) is 14.2 Å². The van der Waals surface area contributed by atoms with Gasteiger partial charge in [0.15, 0.2) is 6.29 Å². The zero-order chi connectivity index (χ0) is 10.1. The molecule has 2 nitrogen and oxygen atoms in total. The van der Waals surface area contributed by atoms with E-state index in [2.05, 4.69) is 13.8 Å². The Morgan fingerprint density at radius 2 is 1.38 bits per heavy atom. The maximum absolute atomic E-state index is 5.10. The van der Waals surface area contributed by atoms with E-state index in [1.54, 1.807) is 14.2 Å². The van der Waals surface area contributed by atoms with Crippen molar-refractivity contribution in [2.45, 2.75) is 52.2 Å². The summed E-state index contributed by atoms with van der Waals surface area (Å²) in [6.45, 7) is 4.54. The maximum Gasteiger partial charge on any atom is 0.156 e. The van der Waals surface area contributed by atoms with Crippen LogP contribution in [0.4, 0.5) is 0 Å². The number of hydrogen-bond donors (Lipinski definition) is 0. The summed E-state index contributed by atoms with van der Waals surface area (Å²) in [7, 11) is 3.39. The molecule has 0 aromatic rings. The summed E-state index contributed by atoms with van der Waals surface area (Å²) in [4.78, 5) is 0. The third-order valence-electron chi connectivity index (χ3n) is 2.25. The molecule has 0 rings (SSSR count). The van der Waals surface area contributed by atoms with Crippen LogP contribution in [-0.4, -0.2) is 20.5 Å². The van der Waals surface area contributed by atoms with Gasteiger partial charge >= 0.3 is 0 Å². The Labute approximate surface area is 82.6 Å². The lowest BCUT2D eigenvalue weighted by Crippen LogP contribution is -2.12. The van der Waals surface area contributed by atoms with E-state index in [9.17, 15) is 0 Å². The van der Waals surface area contributed by atoms with Crippen molar-refractivity contribution in [3.63, 3.8) is 0 Å². The van der Waals surface area contributed by atoms with Crippen molar-refractivity contribution in [3.05, 3.63) is 0 Å². The van der Waals surface area contributed by atoms with Crippen LogP contribution < -0.4 is 0 Å². The Bertz CT molecular complexity index is 98.3. The predicted molar refractivity (Wildman–Crippen MR) is 55.7 cm³/mol. The van der Waals surface area contributed by atoms with E-state index >= 15 is 0 Å². The molecule has 0 aliphatic carbocycles. The van der Waals surface area contributed by atoms with E-state index in [1.165, 1.54) is 25.7 Å². The van der Waals surface area contributed by atoms with E-state index in [0.29, 0.717) is 0 Å². The van der Waals surface area contributed by atoms with E-state index in [-0.39, 0.29) is 6.29 Å². The van der Waals surface area contributed by atoms with Gasteiger partial charge in [-0.05, 0) is 18.8 Å². The molecule has 2 heteroatoms. The van der Waals surface area contributed by atoms with Crippen LogP contribution in [-0.2, 0) is 9.47 Å². The molecular formula is C11H24O2. The molecule has 13 heavy (non-hydrogen) atoms. The van der Waals surface area contributed by atoms with Crippen LogP contribution in [0.2, 0.25) is 0 Å². The fourth-order valence-corrected chi connectivity index (χ4v) is 1.37. The zero-order valence-corrected chi connectivity index (χ0v) is 9.51. The van der Waals surface area contributed by atoms with Crippen molar-refractivity contribution in [1.82, 2.24) is 0 Å². The number of unbranched alkanes of at least 4 members (excludes halogenated alkanes) is 2. The second-order valence-electron chi connectivity index (χ2n) is 3.93. The summed E-state index contributed by atoms with van der Waals surface area (Å²) in [5.41, 5.74) is 0. The highest BCUT2D eigenvalue weighted by Crippen LogP contribution is 2.11. The number of methoxy groups -OCH3 is 2. The highest BCUT2D eigenvalue weighted by molar-refractivity contribution is 4.49. The van der Waals surface area contributed by atoms with Gasteiger partial charge < -0.3 is 9.47 Å². The Morgan fingerprint density at radius 3 is 1.85 bits per heavy atom. The highest BCUT2D eigenvalue weighted by atomic mass is 16.7. The van der Waals surface area contributed by atoms with Crippen molar-refractivity contribution < 1.29 is 9.47 Å². The first-order valence-corrected chi connectivity index (χ1v) is 5.26. The van der Waals surface area contributed by atoms with Crippen molar-refractivity contribution >= 4 is 0 Å². The summed E-state index contributed by atoms with van der Waals surface area (Å²) < 4.78 is 10.2. The van der Waals surface area contributed by atoms with Gasteiger partial charge in [-0.15, -0.1) is 0 Å². The SMILES string of the molecule is COC(CCCCCC(C)C)OC. The maximum atomic E-state index is 5.10. The molecule has 0 fully saturated rings. The molecule has 0 atom stereocenters. The summed E-state index contributed by atoms with van der Waals surface area (Å²) >= 11 is 0. The summed E-state index contributed by atoms with van der Waals surface area (Å²) in [6, 6.07) is 0. The molecule has 0 aliphatic heterocycles. The molecule has 0 radical (unpaired) electrons. The average Bonchev–Trinajstić information content (AvgIpc) is 2.11. The highest BCUT2D eigenvalue weighted by Gasteiger charge is 2.03. The molecular weight excluding hydrogens is 164 g/mol. The number of hydrogen-bond acceptors (Lipinski definition) is 2. The van der Waals surface area contributed by atoms with Gasteiger partial charge in [-0.25, -0.2) is 0 Å². The lowest BCUT2D eigenvalue weighted by molar-refractivity contribution is -0.107. The predicted octanol–water partition coefficient (Wildman–Crippen LogP) is 3.21. The van der Waals surface area contributed by atoms with Crippen LogP contribution in [0.3, 0.4) is 0 Å². The number of rotatable bonds is 8. The van der Waals surface area contributed by atoms with Crippen LogP contribution in [0.25, 0.3) is 0 Å². The van der Waals surface area contributed by atoms with E-state index in [0.717, 1.165) is 12.3 Å². The second-order valence-corrected chi connectivity index (χ2v) is 3.93. The van der Waals surface area contributed by atoms with E-state index < -0.39 is 0 Å². The lowest BCUT2D eigenvalue weighted by Gasteiger charge is -2.12. The van der Waals surface area contributed by atoms with Gasteiger partial charge in [-0.1, -0.05) is 33.1 Å². The monoisotopic (exact) mass is 188 g/mol. The van der Waals surface area contributed by atoms with Gasteiger partial charge in [-0.3, -0.25) is 0 Å². The zero-order valence-electron chi connectivity index (χ0n) is 9.51. The topological polar surface area (TPSA) is 18.5 Å². The van der Waals surface area contributed by atoms with E-state index in [1.807, 2.05) is 0 Å². The van der Waals surface area contributed by atoms with Crippen molar-refractivity contribution in [2.75, 3.05) is 14.2 Å². The van der Waals surface area contributed by atoms with Crippen molar-refractivity contribution in [2.24, 2.45) is 5.92 Å². The lowest BCUT2D eigenvalue weighted by atomic mass is 10.0. The Balaban J connectivity index is 3.14. The van der Waals surface area contributed by atoms with Gasteiger partial charge in [-0.2, -0.15) is 0 Å². The van der Waals surface area contributed by atoms with E-state index in [4.69, 9.17) is 9.47 Å². The first-order valence-electron chi connectivity index (χ1n) is 5.26. The molecule has 0 saturated heterocycles. The largest absolute Gasteiger partial charge is 0.356 e. The standard InChI is InChI=1S/C11H24O2/c1-10(2)8-6-5-7-9-11(12-3)13-4/h10-11H,5-9H2,1-4H3. The second kappa shape index (κ2) is 8.52. The van der Waals surface area contributed by atoms with Crippen molar-refractivity contribution in [1.29, 1.82) is 0 Å². The van der Waals surface area contributed by atoms with Gasteiger partial charge in [0.2, 0.25) is 0 Å². The summed E-state index contributed by atoms with van der Waals surface area (Å²) in [5.74, 6) is 0.834. The molecule has 0 bridgehead atoms. The van der Waals surface area contributed by atoms with Gasteiger partial charge in [0.25, 0.3) is 0 Å². The third kappa shape index (κ3) is 8.26. The minimum Gasteiger partial charge on any atom is -0.356 e. The Kier molecular flexibility index (Phi) is 8.46.